The van der Waals surface area contributed by atoms with E-state index in [2.05, 4.69) is 15.3 Å². The average molecular weight is 309 g/mol. The van der Waals surface area contributed by atoms with E-state index in [1.54, 1.807) is 6.07 Å². The molecular formula is C13H13ClN4O3. The summed E-state index contributed by atoms with van der Waals surface area (Å²) in [5, 5.41) is 14.0. The standard InChI is InChI=1S/C13H13ClN4O3/c1-2-6-15-13-16-8-11(14)12(17-13)21-10-5-3-4-9(7-10)18(19)20/h3-5,7-8H,2,6H2,1H3,(H,15,16,17). The molecule has 0 saturated heterocycles. The fourth-order valence-electron chi connectivity index (χ4n) is 1.52. The molecule has 0 radical (unpaired) electrons. The maximum Gasteiger partial charge on any atom is 0.273 e. The zero-order chi connectivity index (χ0) is 15.2. The minimum atomic E-state index is -0.497. The molecule has 0 aliphatic carbocycles. The molecule has 0 aliphatic heterocycles. The van der Waals surface area contributed by atoms with Crippen molar-refractivity contribution in [2.75, 3.05) is 11.9 Å². The molecule has 0 spiro atoms. The monoisotopic (exact) mass is 308 g/mol. The normalized spacial score (nSPS) is 10.2. The minimum absolute atomic E-state index is 0.0676. The molecule has 1 aromatic heterocycles. The van der Waals surface area contributed by atoms with Gasteiger partial charge in [0.25, 0.3) is 5.69 Å². The summed E-state index contributed by atoms with van der Waals surface area (Å²) in [7, 11) is 0. The second-order valence-corrected chi connectivity index (χ2v) is 4.54. The van der Waals surface area contributed by atoms with Gasteiger partial charge in [0.15, 0.2) is 0 Å². The molecule has 2 rings (SSSR count). The molecule has 0 saturated carbocycles. The number of hydrogen-bond acceptors (Lipinski definition) is 6. The van der Waals surface area contributed by atoms with Crippen LogP contribution < -0.4 is 10.1 Å². The van der Waals surface area contributed by atoms with Crippen LogP contribution in [0.15, 0.2) is 30.5 Å². The van der Waals surface area contributed by atoms with Crippen molar-refractivity contribution in [1.82, 2.24) is 9.97 Å². The zero-order valence-corrected chi connectivity index (χ0v) is 12.0. The van der Waals surface area contributed by atoms with Crippen LogP contribution in [-0.2, 0) is 0 Å². The topological polar surface area (TPSA) is 90.2 Å². The maximum absolute atomic E-state index is 10.7. The number of non-ortho nitro benzene ring substituents is 1. The van der Waals surface area contributed by atoms with Gasteiger partial charge >= 0.3 is 0 Å². The maximum atomic E-state index is 10.7. The van der Waals surface area contributed by atoms with E-state index in [1.165, 1.54) is 24.4 Å². The molecule has 7 nitrogen and oxygen atoms in total. The highest BCUT2D eigenvalue weighted by Gasteiger charge is 2.11. The number of nitro benzene ring substituents is 1. The van der Waals surface area contributed by atoms with E-state index in [1.807, 2.05) is 6.92 Å². The first-order chi connectivity index (χ1) is 10.1. The van der Waals surface area contributed by atoms with Gasteiger partial charge in [0.05, 0.1) is 17.2 Å². The van der Waals surface area contributed by atoms with Crippen LogP contribution in [0.3, 0.4) is 0 Å². The van der Waals surface area contributed by atoms with Crippen molar-refractivity contribution >= 4 is 23.2 Å². The summed E-state index contributed by atoms with van der Waals surface area (Å²) >= 11 is 5.97. The van der Waals surface area contributed by atoms with E-state index in [4.69, 9.17) is 16.3 Å². The number of benzene rings is 1. The lowest BCUT2D eigenvalue weighted by Gasteiger charge is -2.08. The first kappa shape index (κ1) is 15.0. The Morgan fingerprint density at radius 3 is 3.00 bits per heavy atom. The summed E-state index contributed by atoms with van der Waals surface area (Å²) < 4.78 is 5.49. The molecule has 1 heterocycles. The van der Waals surface area contributed by atoms with Crippen molar-refractivity contribution in [3.63, 3.8) is 0 Å². The van der Waals surface area contributed by atoms with E-state index >= 15 is 0 Å². The third kappa shape index (κ3) is 4.03. The lowest BCUT2D eigenvalue weighted by molar-refractivity contribution is -0.384. The number of hydrogen-bond donors (Lipinski definition) is 1. The van der Waals surface area contributed by atoms with Crippen LogP contribution in [-0.4, -0.2) is 21.4 Å². The number of halogens is 1. The van der Waals surface area contributed by atoms with Gasteiger partial charge in [-0.15, -0.1) is 0 Å². The highest BCUT2D eigenvalue weighted by atomic mass is 35.5. The van der Waals surface area contributed by atoms with Gasteiger partial charge in [0.2, 0.25) is 11.8 Å². The minimum Gasteiger partial charge on any atom is -0.437 e. The van der Waals surface area contributed by atoms with Crippen LogP contribution in [0.5, 0.6) is 11.6 Å². The van der Waals surface area contributed by atoms with Gasteiger partial charge in [-0.2, -0.15) is 4.98 Å². The molecule has 21 heavy (non-hydrogen) atoms. The van der Waals surface area contributed by atoms with Crippen molar-refractivity contribution in [1.29, 1.82) is 0 Å². The summed E-state index contributed by atoms with van der Waals surface area (Å²) in [6, 6.07) is 5.80. The quantitative estimate of drug-likeness (QED) is 0.647. The molecule has 0 aliphatic rings. The first-order valence-electron chi connectivity index (χ1n) is 6.29. The number of ether oxygens (including phenoxy) is 1. The van der Waals surface area contributed by atoms with E-state index in [0.717, 1.165) is 13.0 Å². The van der Waals surface area contributed by atoms with Crippen molar-refractivity contribution in [3.05, 3.63) is 45.6 Å². The number of aromatic nitrogens is 2. The number of nitrogens with zero attached hydrogens (tertiary/aromatic N) is 3. The van der Waals surface area contributed by atoms with Crippen molar-refractivity contribution in [2.24, 2.45) is 0 Å². The Morgan fingerprint density at radius 1 is 1.48 bits per heavy atom. The summed E-state index contributed by atoms with van der Waals surface area (Å²) in [6.07, 6.45) is 2.34. The second-order valence-electron chi connectivity index (χ2n) is 4.13. The predicted molar refractivity (Wildman–Crippen MR) is 79.0 cm³/mol. The van der Waals surface area contributed by atoms with Gasteiger partial charge in [-0.3, -0.25) is 10.1 Å². The molecule has 8 heteroatoms. The van der Waals surface area contributed by atoms with Crippen LogP contribution in [0, 0.1) is 10.1 Å². The van der Waals surface area contributed by atoms with Crippen LogP contribution in [0.25, 0.3) is 0 Å². The third-order valence-corrected chi connectivity index (χ3v) is 2.75. The van der Waals surface area contributed by atoms with Crippen LogP contribution in [0.4, 0.5) is 11.6 Å². The summed E-state index contributed by atoms with van der Waals surface area (Å²) in [4.78, 5) is 18.4. The van der Waals surface area contributed by atoms with Crippen molar-refractivity contribution in [2.45, 2.75) is 13.3 Å². The highest BCUT2D eigenvalue weighted by Crippen LogP contribution is 2.29. The number of anilines is 1. The van der Waals surface area contributed by atoms with E-state index in [-0.39, 0.29) is 22.3 Å². The molecule has 0 fully saturated rings. The van der Waals surface area contributed by atoms with Gasteiger partial charge in [-0.1, -0.05) is 24.6 Å². The Hall–Kier alpha value is -2.41. The Kier molecular flexibility index (Phi) is 4.89. The summed E-state index contributed by atoms with van der Waals surface area (Å²) in [5.74, 6) is 0.818. The predicted octanol–water partition coefficient (Wildman–Crippen LogP) is 3.65. The Balaban J connectivity index is 2.22. The average Bonchev–Trinajstić information content (AvgIpc) is 2.48. The Labute approximate surface area is 126 Å². The third-order valence-electron chi connectivity index (χ3n) is 2.49. The van der Waals surface area contributed by atoms with E-state index in [9.17, 15) is 10.1 Å². The van der Waals surface area contributed by atoms with Gasteiger partial charge in [0, 0.05) is 12.6 Å². The smallest absolute Gasteiger partial charge is 0.273 e. The van der Waals surface area contributed by atoms with Crippen molar-refractivity contribution < 1.29 is 9.66 Å². The Bertz CT molecular complexity index is 651. The highest BCUT2D eigenvalue weighted by molar-refractivity contribution is 6.31. The fraction of sp³-hybridized carbons (Fsp3) is 0.231. The molecule has 0 bridgehead atoms. The number of rotatable bonds is 6. The number of nitro groups is 1. The Morgan fingerprint density at radius 2 is 2.29 bits per heavy atom. The van der Waals surface area contributed by atoms with Gasteiger partial charge in [0.1, 0.15) is 10.8 Å². The lowest BCUT2D eigenvalue weighted by atomic mass is 10.3. The van der Waals surface area contributed by atoms with Crippen LogP contribution in [0.2, 0.25) is 5.02 Å². The van der Waals surface area contributed by atoms with Gasteiger partial charge in [-0.05, 0) is 12.5 Å². The SMILES string of the molecule is CCCNc1ncc(Cl)c(Oc2cccc([N+](=O)[O-])c2)n1. The molecule has 110 valence electrons. The van der Waals surface area contributed by atoms with Gasteiger partial charge in [-0.25, -0.2) is 4.98 Å². The van der Waals surface area contributed by atoms with Crippen LogP contribution in [0.1, 0.15) is 13.3 Å². The molecule has 1 aromatic carbocycles. The molecule has 1 N–H and O–H groups in total. The second kappa shape index (κ2) is 6.85. The number of nitrogens with one attached hydrogen (secondary N) is 1. The van der Waals surface area contributed by atoms with Crippen LogP contribution >= 0.6 is 11.6 Å². The molecule has 0 amide bonds. The lowest BCUT2D eigenvalue weighted by Crippen LogP contribution is -2.04. The van der Waals surface area contributed by atoms with Gasteiger partial charge < -0.3 is 10.1 Å². The largest absolute Gasteiger partial charge is 0.437 e. The summed E-state index contributed by atoms with van der Waals surface area (Å²) in [6.45, 7) is 2.74. The molecular weight excluding hydrogens is 296 g/mol. The molecule has 2 aromatic rings. The van der Waals surface area contributed by atoms with E-state index in [0.29, 0.717) is 5.95 Å². The van der Waals surface area contributed by atoms with E-state index < -0.39 is 4.92 Å². The molecule has 0 atom stereocenters. The molecule has 0 unspecified atom stereocenters. The van der Waals surface area contributed by atoms with Crippen molar-refractivity contribution in [3.8, 4) is 11.6 Å². The first-order valence-corrected chi connectivity index (χ1v) is 6.66. The zero-order valence-electron chi connectivity index (χ0n) is 11.2. The summed E-state index contributed by atoms with van der Waals surface area (Å²) in [5.41, 5.74) is -0.0676. The fourth-order valence-corrected chi connectivity index (χ4v) is 1.65.